The van der Waals surface area contributed by atoms with Crippen LogP contribution in [0.2, 0.25) is 0 Å². The van der Waals surface area contributed by atoms with E-state index in [0.717, 1.165) is 41.2 Å². The van der Waals surface area contributed by atoms with Crippen LogP contribution in [0, 0.1) is 5.82 Å². The molecule has 126 valence electrons. The fourth-order valence-corrected chi connectivity index (χ4v) is 3.17. The maximum atomic E-state index is 13.2. The van der Waals surface area contributed by atoms with Gasteiger partial charge >= 0.3 is 0 Å². The molecule has 2 aromatic heterocycles. The predicted octanol–water partition coefficient (Wildman–Crippen LogP) is 4.50. The Morgan fingerprint density at radius 2 is 1.84 bits per heavy atom. The van der Waals surface area contributed by atoms with Crippen LogP contribution in [0.5, 0.6) is 0 Å². The monoisotopic (exact) mass is 334 g/mol. The maximum absolute atomic E-state index is 13.2. The molecule has 0 radical (unpaired) electrons. The molecule has 25 heavy (non-hydrogen) atoms. The van der Waals surface area contributed by atoms with E-state index >= 15 is 0 Å². The summed E-state index contributed by atoms with van der Waals surface area (Å²) in [4.78, 5) is 9.25. The number of hydrogen-bond acceptors (Lipinski definition) is 2. The van der Waals surface area contributed by atoms with Gasteiger partial charge in [0.1, 0.15) is 17.5 Å². The van der Waals surface area contributed by atoms with Gasteiger partial charge in [0.25, 0.3) is 0 Å². The molecule has 2 heterocycles. The maximum Gasteiger partial charge on any atom is 0.140 e. The zero-order valence-corrected chi connectivity index (χ0v) is 14.1. The van der Waals surface area contributed by atoms with E-state index < -0.39 is 0 Å². The van der Waals surface area contributed by atoms with Crippen LogP contribution in [0.1, 0.15) is 19.2 Å². The molecule has 0 saturated heterocycles. The van der Waals surface area contributed by atoms with E-state index in [2.05, 4.69) is 27.1 Å². The lowest BCUT2D eigenvalue weighted by Gasteiger charge is -2.11. The summed E-state index contributed by atoms with van der Waals surface area (Å²) in [6.45, 7) is 3.72. The van der Waals surface area contributed by atoms with Gasteiger partial charge in [0.2, 0.25) is 0 Å². The highest BCUT2D eigenvalue weighted by Gasteiger charge is 2.13. The molecule has 0 atom stereocenters. The van der Waals surface area contributed by atoms with Crippen LogP contribution < -0.4 is 0 Å². The molecule has 4 aromatic rings. The Balaban J connectivity index is 1.74. The number of hydrogen-bond donors (Lipinski definition) is 0. The molecule has 0 aliphatic carbocycles. The highest BCUT2D eigenvalue weighted by Crippen LogP contribution is 2.21. The Morgan fingerprint density at radius 3 is 2.64 bits per heavy atom. The predicted molar refractivity (Wildman–Crippen MR) is 96.7 cm³/mol. The zero-order chi connectivity index (χ0) is 17.2. The van der Waals surface area contributed by atoms with Gasteiger partial charge in [0.05, 0.1) is 17.6 Å². The second-order valence-electron chi connectivity index (χ2n) is 6.05. The topological polar surface area (TPSA) is 35.6 Å². The molecule has 0 aliphatic rings. The minimum Gasteiger partial charge on any atom is -0.326 e. The first-order chi connectivity index (χ1) is 12.3. The first kappa shape index (κ1) is 15.6. The van der Waals surface area contributed by atoms with E-state index in [1.54, 1.807) is 18.3 Å². The molecule has 2 aromatic carbocycles. The lowest BCUT2D eigenvalue weighted by atomic mass is 10.2. The molecule has 0 spiro atoms. The molecule has 0 amide bonds. The Bertz CT molecular complexity index is 998. The number of benzene rings is 2. The largest absolute Gasteiger partial charge is 0.326 e. The molecule has 5 heteroatoms. The van der Waals surface area contributed by atoms with Gasteiger partial charge in [-0.05, 0) is 42.8 Å². The number of aryl methyl sites for hydroxylation is 1. The van der Waals surface area contributed by atoms with E-state index in [1.165, 1.54) is 12.1 Å². The summed E-state index contributed by atoms with van der Waals surface area (Å²) in [5.41, 5.74) is 3.06. The van der Waals surface area contributed by atoms with Gasteiger partial charge in [-0.3, -0.25) is 0 Å². The van der Waals surface area contributed by atoms with Crippen LogP contribution in [-0.2, 0) is 13.1 Å². The minimum absolute atomic E-state index is 0.244. The molecule has 0 fully saturated rings. The standard InChI is InChI=1S/C20H19FN4/c1-2-12-25-18-6-4-3-5-17(18)23-19(25)14-24-13-11-22-20(24)15-7-9-16(21)10-8-15/h3-11,13H,2,12,14H2,1H3. The molecular formula is C20H19FN4. The molecule has 0 aliphatic heterocycles. The van der Waals surface area contributed by atoms with Gasteiger partial charge in [-0.25, -0.2) is 14.4 Å². The number of aromatic nitrogens is 4. The minimum atomic E-state index is -0.244. The Kier molecular flexibility index (Phi) is 4.06. The quantitative estimate of drug-likeness (QED) is 0.539. The Hall–Kier alpha value is -2.95. The van der Waals surface area contributed by atoms with Crippen molar-refractivity contribution in [1.29, 1.82) is 0 Å². The number of halogens is 1. The summed E-state index contributed by atoms with van der Waals surface area (Å²) < 4.78 is 17.5. The van der Waals surface area contributed by atoms with Crippen molar-refractivity contribution in [3.8, 4) is 11.4 Å². The van der Waals surface area contributed by atoms with Crippen molar-refractivity contribution in [2.75, 3.05) is 0 Å². The fraction of sp³-hybridized carbons (Fsp3) is 0.200. The number of para-hydroxylation sites is 2. The normalized spacial score (nSPS) is 11.3. The Morgan fingerprint density at radius 1 is 1.04 bits per heavy atom. The summed E-state index contributed by atoms with van der Waals surface area (Å²) in [6, 6.07) is 14.6. The van der Waals surface area contributed by atoms with Gasteiger partial charge in [-0.1, -0.05) is 19.1 Å². The summed E-state index contributed by atoms with van der Waals surface area (Å²) in [5, 5.41) is 0. The van der Waals surface area contributed by atoms with Crippen LogP contribution in [-0.4, -0.2) is 19.1 Å². The number of fused-ring (bicyclic) bond motifs is 1. The average molecular weight is 334 g/mol. The summed E-state index contributed by atoms with van der Waals surface area (Å²) in [5.74, 6) is 1.58. The van der Waals surface area contributed by atoms with E-state index in [-0.39, 0.29) is 5.82 Å². The van der Waals surface area contributed by atoms with Crippen molar-refractivity contribution >= 4 is 11.0 Å². The SMILES string of the molecule is CCCn1c(Cn2ccnc2-c2ccc(F)cc2)nc2ccccc21. The fourth-order valence-electron chi connectivity index (χ4n) is 3.17. The molecular weight excluding hydrogens is 315 g/mol. The number of rotatable bonds is 5. The van der Waals surface area contributed by atoms with Crippen LogP contribution in [0.3, 0.4) is 0 Å². The average Bonchev–Trinajstić information content (AvgIpc) is 3.22. The lowest BCUT2D eigenvalue weighted by Crippen LogP contribution is -2.09. The molecule has 0 saturated carbocycles. The first-order valence-electron chi connectivity index (χ1n) is 8.47. The van der Waals surface area contributed by atoms with Crippen LogP contribution in [0.25, 0.3) is 22.4 Å². The van der Waals surface area contributed by atoms with Crippen molar-refractivity contribution in [2.45, 2.75) is 26.4 Å². The van der Waals surface area contributed by atoms with E-state index in [0.29, 0.717) is 6.54 Å². The highest BCUT2D eigenvalue weighted by molar-refractivity contribution is 5.75. The zero-order valence-electron chi connectivity index (χ0n) is 14.1. The third-order valence-electron chi connectivity index (χ3n) is 4.31. The molecule has 4 nitrogen and oxygen atoms in total. The Labute approximate surface area is 145 Å². The van der Waals surface area contributed by atoms with Gasteiger partial charge in [-0.2, -0.15) is 0 Å². The third kappa shape index (κ3) is 2.93. The second kappa shape index (κ2) is 6.51. The van der Waals surface area contributed by atoms with Crippen LogP contribution >= 0.6 is 0 Å². The second-order valence-corrected chi connectivity index (χ2v) is 6.05. The van der Waals surface area contributed by atoms with E-state index in [1.807, 2.05) is 24.4 Å². The highest BCUT2D eigenvalue weighted by atomic mass is 19.1. The summed E-state index contributed by atoms with van der Waals surface area (Å²) >= 11 is 0. The van der Waals surface area contributed by atoms with E-state index in [4.69, 9.17) is 4.98 Å². The van der Waals surface area contributed by atoms with Crippen LogP contribution in [0.4, 0.5) is 4.39 Å². The number of imidazole rings is 2. The van der Waals surface area contributed by atoms with Gasteiger partial charge in [-0.15, -0.1) is 0 Å². The molecule has 0 bridgehead atoms. The van der Waals surface area contributed by atoms with Crippen LogP contribution in [0.15, 0.2) is 60.9 Å². The first-order valence-corrected chi connectivity index (χ1v) is 8.47. The summed E-state index contributed by atoms with van der Waals surface area (Å²) in [7, 11) is 0. The van der Waals surface area contributed by atoms with Crippen molar-refractivity contribution in [2.24, 2.45) is 0 Å². The summed E-state index contributed by atoms with van der Waals surface area (Å²) in [6.07, 6.45) is 4.75. The van der Waals surface area contributed by atoms with Gasteiger partial charge in [0, 0.05) is 24.5 Å². The van der Waals surface area contributed by atoms with Crippen molar-refractivity contribution in [1.82, 2.24) is 19.1 Å². The van der Waals surface area contributed by atoms with Crippen molar-refractivity contribution in [3.05, 3.63) is 72.6 Å². The number of nitrogens with zero attached hydrogens (tertiary/aromatic N) is 4. The lowest BCUT2D eigenvalue weighted by molar-refractivity contribution is 0.625. The van der Waals surface area contributed by atoms with E-state index in [9.17, 15) is 4.39 Å². The smallest absolute Gasteiger partial charge is 0.140 e. The van der Waals surface area contributed by atoms with Crippen molar-refractivity contribution in [3.63, 3.8) is 0 Å². The molecule has 0 unspecified atom stereocenters. The third-order valence-corrected chi connectivity index (χ3v) is 4.31. The molecule has 4 rings (SSSR count). The molecule has 0 N–H and O–H groups in total. The van der Waals surface area contributed by atoms with Gasteiger partial charge in [0.15, 0.2) is 0 Å². The van der Waals surface area contributed by atoms with Crippen molar-refractivity contribution < 1.29 is 4.39 Å². The van der Waals surface area contributed by atoms with Gasteiger partial charge < -0.3 is 9.13 Å².